The molecule has 5 heteroatoms. The van der Waals surface area contributed by atoms with Gasteiger partial charge < -0.3 is 5.73 Å². The zero-order chi connectivity index (χ0) is 12.4. The van der Waals surface area contributed by atoms with Gasteiger partial charge in [-0.2, -0.15) is 11.3 Å². The van der Waals surface area contributed by atoms with Crippen molar-refractivity contribution in [2.75, 3.05) is 5.73 Å². The average molecular weight is 260 g/mol. The van der Waals surface area contributed by atoms with Crippen LogP contribution in [0.15, 0.2) is 29.2 Å². The third-order valence-corrected chi connectivity index (χ3v) is 3.85. The van der Waals surface area contributed by atoms with E-state index < -0.39 is 0 Å². The Morgan fingerprint density at radius 2 is 2.17 bits per heavy atom. The monoisotopic (exact) mass is 260 g/mol. The van der Waals surface area contributed by atoms with Crippen molar-refractivity contribution >= 4 is 17.2 Å². The topological polar surface area (TPSA) is 55.0 Å². The SMILES string of the molecule is Nc1cnc(CN(Cc2ccsc2)C2CC2)cn1. The predicted molar refractivity (Wildman–Crippen MR) is 73.0 cm³/mol. The van der Waals surface area contributed by atoms with Gasteiger partial charge in [0.25, 0.3) is 0 Å². The highest BCUT2D eigenvalue weighted by Gasteiger charge is 2.29. The van der Waals surface area contributed by atoms with Crippen LogP contribution in [-0.4, -0.2) is 20.9 Å². The summed E-state index contributed by atoms with van der Waals surface area (Å²) in [4.78, 5) is 10.9. The lowest BCUT2D eigenvalue weighted by atomic mass is 10.3. The normalized spacial score (nSPS) is 15.2. The molecule has 1 aliphatic rings. The second kappa shape index (κ2) is 5.04. The molecule has 1 saturated carbocycles. The molecule has 2 N–H and O–H groups in total. The van der Waals surface area contributed by atoms with E-state index >= 15 is 0 Å². The van der Waals surface area contributed by atoms with Crippen molar-refractivity contribution in [2.45, 2.75) is 32.0 Å². The van der Waals surface area contributed by atoms with Gasteiger partial charge in [0.15, 0.2) is 0 Å². The molecule has 4 nitrogen and oxygen atoms in total. The lowest BCUT2D eigenvalue weighted by molar-refractivity contribution is 0.243. The number of nitrogens with two attached hydrogens (primary N) is 1. The van der Waals surface area contributed by atoms with Gasteiger partial charge in [0, 0.05) is 19.1 Å². The van der Waals surface area contributed by atoms with E-state index in [-0.39, 0.29) is 0 Å². The first-order chi connectivity index (χ1) is 8.81. The molecule has 18 heavy (non-hydrogen) atoms. The number of rotatable bonds is 5. The predicted octanol–water partition coefficient (Wildman–Crippen LogP) is 2.28. The van der Waals surface area contributed by atoms with Crippen LogP contribution in [0, 0.1) is 0 Å². The van der Waals surface area contributed by atoms with Crippen LogP contribution in [0.2, 0.25) is 0 Å². The van der Waals surface area contributed by atoms with Gasteiger partial charge in [0.05, 0.1) is 18.1 Å². The minimum atomic E-state index is 0.481. The average Bonchev–Trinajstić information content (AvgIpc) is 3.10. The lowest BCUT2D eigenvalue weighted by Crippen LogP contribution is -2.25. The molecule has 0 aromatic carbocycles. The Bertz CT molecular complexity index is 490. The molecule has 0 unspecified atom stereocenters. The van der Waals surface area contributed by atoms with Crippen molar-refractivity contribution in [2.24, 2.45) is 0 Å². The molecule has 0 atom stereocenters. The molecule has 0 spiro atoms. The molecular weight excluding hydrogens is 244 g/mol. The van der Waals surface area contributed by atoms with Crippen LogP contribution in [0.4, 0.5) is 5.82 Å². The van der Waals surface area contributed by atoms with Crippen molar-refractivity contribution in [1.29, 1.82) is 0 Å². The number of thiophene rings is 1. The molecule has 0 bridgehead atoms. The molecule has 94 valence electrons. The van der Waals surface area contributed by atoms with Crippen LogP contribution in [0.25, 0.3) is 0 Å². The van der Waals surface area contributed by atoms with Crippen LogP contribution in [0.3, 0.4) is 0 Å². The summed E-state index contributed by atoms with van der Waals surface area (Å²) in [5.74, 6) is 0.481. The van der Waals surface area contributed by atoms with Gasteiger partial charge in [-0.05, 0) is 35.2 Å². The summed E-state index contributed by atoms with van der Waals surface area (Å²) in [6, 6.07) is 2.90. The summed E-state index contributed by atoms with van der Waals surface area (Å²) in [6.45, 7) is 1.86. The minimum Gasteiger partial charge on any atom is -0.382 e. The molecule has 3 rings (SSSR count). The van der Waals surface area contributed by atoms with Crippen LogP contribution in [-0.2, 0) is 13.1 Å². The number of hydrogen-bond donors (Lipinski definition) is 1. The Kier molecular flexibility index (Phi) is 3.25. The van der Waals surface area contributed by atoms with E-state index in [9.17, 15) is 0 Å². The Labute approximate surface area is 110 Å². The molecule has 1 aliphatic carbocycles. The summed E-state index contributed by atoms with van der Waals surface area (Å²) in [5.41, 5.74) is 7.93. The first kappa shape index (κ1) is 11.6. The summed E-state index contributed by atoms with van der Waals surface area (Å²) in [5, 5.41) is 4.34. The number of nitrogen functional groups attached to an aromatic ring is 1. The van der Waals surface area contributed by atoms with E-state index in [1.807, 2.05) is 0 Å². The van der Waals surface area contributed by atoms with E-state index in [4.69, 9.17) is 5.73 Å². The number of hydrogen-bond acceptors (Lipinski definition) is 5. The smallest absolute Gasteiger partial charge is 0.141 e. The Balaban J connectivity index is 1.68. The molecule has 2 aromatic rings. The van der Waals surface area contributed by atoms with Crippen molar-refractivity contribution in [3.8, 4) is 0 Å². The molecule has 2 aromatic heterocycles. The Morgan fingerprint density at radius 1 is 1.28 bits per heavy atom. The second-order valence-electron chi connectivity index (χ2n) is 4.70. The van der Waals surface area contributed by atoms with E-state index in [1.165, 1.54) is 18.4 Å². The molecule has 0 amide bonds. The molecule has 0 aliphatic heterocycles. The van der Waals surface area contributed by atoms with Crippen molar-refractivity contribution in [1.82, 2.24) is 14.9 Å². The maximum absolute atomic E-state index is 5.55. The third kappa shape index (κ3) is 2.86. The zero-order valence-electron chi connectivity index (χ0n) is 10.1. The maximum Gasteiger partial charge on any atom is 0.141 e. The van der Waals surface area contributed by atoms with Gasteiger partial charge in [-0.15, -0.1) is 0 Å². The van der Waals surface area contributed by atoms with E-state index in [2.05, 4.69) is 31.7 Å². The standard InChI is InChI=1S/C13H16N4S/c14-13-6-15-11(5-16-13)8-17(12-1-2-12)7-10-3-4-18-9-10/h3-6,9,12H,1-2,7-8H2,(H2,14,16). The van der Waals surface area contributed by atoms with Crippen LogP contribution < -0.4 is 5.73 Å². The van der Waals surface area contributed by atoms with E-state index in [0.717, 1.165) is 18.8 Å². The Morgan fingerprint density at radius 3 is 2.78 bits per heavy atom. The number of aromatic nitrogens is 2. The fourth-order valence-corrected chi connectivity index (χ4v) is 2.69. The highest BCUT2D eigenvalue weighted by molar-refractivity contribution is 7.07. The molecule has 2 heterocycles. The fraction of sp³-hybridized carbons (Fsp3) is 0.385. The Hall–Kier alpha value is -1.46. The van der Waals surface area contributed by atoms with Gasteiger partial charge in [0.1, 0.15) is 5.82 Å². The van der Waals surface area contributed by atoms with Crippen LogP contribution in [0.5, 0.6) is 0 Å². The lowest BCUT2D eigenvalue weighted by Gasteiger charge is -2.20. The summed E-state index contributed by atoms with van der Waals surface area (Å²) >= 11 is 1.75. The van der Waals surface area contributed by atoms with Crippen molar-refractivity contribution in [3.05, 3.63) is 40.5 Å². The van der Waals surface area contributed by atoms with Gasteiger partial charge in [-0.25, -0.2) is 4.98 Å². The van der Waals surface area contributed by atoms with Crippen LogP contribution in [0.1, 0.15) is 24.1 Å². The maximum atomic E-state index is 5.55. The summed E-state index contributed by atoms with van der Waals surface area (Å²) in [6.07, 6.45) is 6.00. The first-order valence-corrected chi connectivity index (χ1v) is 7.07. The number of anilines is 1. The second-order valence-corrected chi connectivity index (χ2v) is 5.48. The molecular formula is C13H16N4S. The molecule has 0 radical (unpaired) electrons. The number of nitrogens with zero attached hydrogens (tertiary/aromatic N) is 3. The summed E-state index contributed by atoms with van der Waals surface area (Å²) in [7, 11) is 0. The van der Waals surface area contributed by atoms with Crippen molar-refractivity contribution < 1.29 is 0 Å². The first-order valence-electron chi connectivity index (χ1n) is 6.13. The van der Waals surface area contributed by atoms with Crippen LogP contribution >= 0.6 is 11.3 Å². The minimum absolute atomic E-state index is 0.481. The largest absolute Gasteiger partial charge is 0.382 e. The van der Waals surface area contributed by atoms with E-state index in [1.54, 1.807) is 23.7 Å². The molecule has 0 saturated heterocycles. The van der Waals surface area contributed by atoms with Gasteiger partial charge in [0.2, 0.25) is 0 Å². The van der Waals surface area contributed by atoms with Gasteiger partial charge in [-0.1, -0.05) is 0 Å². The highest BCUT2D eigenvalue weighted by Crippen LogP contribution is 2.29. The quantitative estimate of drug-likeness (QED) is 0.896. The summed E-state index contributed by atoms with van der Waals surface area (Å²) < 4.78 is 0. The van der Waals surface area contributed by atoms with Gasteiger partial charge in [-0.3, -0.25) is 9.88 Å². The third-order valence-electron chi connectivity index (χ3n) is 3.12. The van der Waals surface area contributed by atoms with Gasteiger partial charge >= 0.3 is 0 Å². The highest BCUT2D eigenvalue weighted by atomic mass is 32.1. The van der Waals surface area contributed by atoms with Crippen molar-refractivity contribution in [3.63, 3.8) is 0 Å². The zero-order valence-corrected chi connectivity index (χ0v) is 10.9. The fourth-order valence-electron chi connectivity index (χ4n) is 2.03. The molecule has 1 fully saturated rings. The van der Waals surface area contributed by atoms with E-state index in [0.29, 0.717) is 11.9 Å².